The van der Waals surface area contributed by atoms with Crippen LogP contribution in [0.25, 0.3) is 0 Å². The Bertz CT molecular complexity index is 780. The quantitative estimate of drug-likeness (QED) is 0.907. The van der Waals surface area contributed by atoms with E-state index >= 15 is 0 Å². The zero-order valence-electron chi connectivity index (χ0n) is 12.4. The summed E-state index contributed by atoms with van der Waals surface area (Å²) in [5.41, 5.74) is 7.21. The number of nitrogens with zero attached hydrogens (tertiary/aromatic N) is 3. The van der Waals surface area contributed by atoms with Crippen LogP contribution in [0.1, 0.15) is 21.6 Å². The van der Waals surface area contributed by atoms with E-state index < -0.39 is 18.0 Å². The fourth-order valence-electron chi connectivity index (χ4n) is 2.50. The van der Waals surface area contributed by atoms with Gasteiger partial charge < -0.3 is 15.4 Å². The van der Waals surface area contributed by atoms with Gasteiger partial charge in [0, 0.05) is 18.3 Å². The van der Waals surface area contributed by atoms with Crippen LogP contribution >= 0.6 is 0 Å². The minimum Gasteiger partial charge on any atom is -0.406 e. The summed E-state index contributed by atoms with van der Waals surface area (Å²) in [6, 6.07) is 4.99. The lowest BCUT2D eigenvalue weighted by molar-refractivity contribution is -0.274. The van der Waals surface area contributed by atoms with Crippen LogP contribution in [0, 0.1) is 0 Å². The average Bonchev–Trinajstić information content (AvgIpc) is 2.52. The number of aromatic nitrogens is 2. The smallest absolute Gasteiger partial charge is 0.406 e. The first-order valence-electron chi connectivity index (χ1n) is 7.07. The van der Waals surface area contributed by atoms with Gasteiger partial charge in [0.25, 0.3) is 5.91 Å². The Labute approximate surface area is 135 Å². The molecule has 0 atom stereocenters. The minimum absolute atomic E-state index is 0.113. The monoisotopic (exact) mass is 338 g/mol. The van der Waals surface area contributed by atoms with E-state index in [9.17, 15) is 18.0 Å². The number of ether oxygens (including phenoxy) is 1. The molecule has 0 radical (unpaired) electrons. The molecule has 0 unspecified atom stereocenters. The first-order chi connectivity index (χ1) is 11.3. The fraction of sp³-hybridized carbons (Fsp3) is 0.267. The number of halogens is 3. The number of amides is 1. The highest BCUT2D eigenvalue weighted by molar-refractivity contribution is 5.94. The van der Waals surface area contributed by atoms with Gasteiger partial charge in [-0.3, -0.25) is 4.79 Å². The molecule has 1 amide bonds. The lowest BCUT2D eigenvalue weighted by atomic mass is 10.1. The number of carbonyl (C=O) groups excluding carboxylic acids is 1. The van der Waals surface area contributed by atoms with E-state index in [2.05, 4.69) is 14.7 Å². The second kappa shape index (κ2) is 5.99. The van der Waals surface area contributed by atoms with E-state index in [-0.39, 0.29) is 18.1 Å². The number of fused-ring (bicyclic) bond motifs is 1. The molecular weight excluding hydrogens is 325 g/mol. The van der Waals surface area contributed by atoms with Crippen molar-refractivity contribution < 1.29 is 22.7 Å². The first-order valence-corrected chi connectivity index (χ1v) is 7.07. The molecule has 9 heteroatoms. The summed E-state index contributed by atoms with van der Waals surface area (Å²) in [7, 11) is 0. The SMILES string of the molecule is Nc1ncc2c(n1)CN(C(=O)c1cccc(OC(F)(F)F)c1)CC2. The van der Waals surface area contributed by atoms with E-state index in [4.69, 9.17) is 5.73 Å². The molecule has 0 bridgehead atoms. The first kappa shape index (κ1) is 16.0. The van der Waals surface area contributed by atoms with Crippen molar-refractivity contribution in [1.29, 1.82) is 0 Å². The van der Waals surface area contributed by atoms with Gasteiger partial charge in [-0.25, -0.2) is 9.97 Å². The standard InChI is InChI=1S/C15H13F3N4O2/c16-15(17,18)24-11-3-1-2-9(6-11)13(23)22-5-4-10-7-20-14(19)21-12(10)8-22/h1-3,6-7H,4-5,8H2,(H2,19,20,21). The molecule has 0 spiro atoms. The van der Waals surface area contributed by atoms with Crippen LogP contribution in [0.2, 0.25) is 0 Å². The van der Waals surface area contributed by atoms with E-state index in [1.165, 1.54) is 17.0 Å². The van der Waals surface area contributed by atoms with Crippen molar-refractivity contribution >= 4 is 11.9 Å². The van der Waals surface area contributed by atoms with Gasteiger partial charge in [0.15, 0.2) is 0 Å². The third-order valence-electron chi connectivity index (χ3n) is 3.57. The summed E-state index contributed by atoms with van der Waals surface area (Å²) in [6.45, 7) is 0.648. The molecule has 1 aliphatic rings. The number of anilines is 1. The molecular formula is C15H13F3N4O2. The lowest BCUT2D eigenvalue weighted by Crippen LogP contribution is -2.36. The predicted molar refractivity (Wildman–Crippen MR) is 78.0 cm³/mol. The maximum Gasteiger partial charge on any atom is 0.573 e. The highest BCUT2D eigenvalue weighted by atomic mass is 19.4. The third kappa shape index (κ3) is 3.55. The fourth-order valence-corrected chi connectivity index (χ4v) is 2.50. The Kier molecular flexibility index (Phi) is 4.00. The molecule has 0 fully saturated rings. The molecule has 0 saturated heterocycles. The number of rotatable bonds is 2. The molecule has 0 aliphatic carbocycles. The average molecular weight is 338 g/mol. The zero-order chi connectivity index (χ0) is 17.3. The summed E-state index contributed by atoms with van der Waals surface area (Å²) >= 11 is 0. The summed E-state index contributed by atoms with van der Waals surface area (Å²) in [5.74, 6) is -0.716. The number of benzene rings is 1. The minimum atomic E-state index is -4.81. The molecule has 2 N–H and O–H groups in total. The second-order valence-corrected chi connectivity index (χ2v) is 5.25. The Balaban J connectivity index is 1.79. The van der Waals surface area contributed by atoms with Gasteiger partial charge in [0.1, 0.15) is 5.75 Å². The van der Waals surface area contributed by atoms with Gasteiger partial charge >= 0.3 is 6.36 Å². The van der Waals surface area contributed by atoms with E-state index in [1.807, 2.05) is 0 Å². The van der Waals surface area contributed by atoms with Gasteiger partial charge in [-0.1, -0.05) is 6.07 Å². The van der Waals surface area contributed by atoms with E-state index in [1.54, 1.807) is 6.20 Å². The number of alkyl halides is 3. The maximum atomic E-state index is 12.5. The molecule has 1 aromatic heterocycles. The van der Waals surface area contributed by atoms with Crippen LogP contribution < -0.4 is 10.5 Å². The molecule has 1 aliphatic heterocycles. The lowest BCUT2D eigenvalue weighted by Gasteiger charge is -2.28. The number of hydrogen-bond acceptors (Lipinski definition) is 5. The van der Waals surface area contributed by atoms with Gasteiger partial charge in [0.05, 0.1) is 12.2 Å². The van der Waals surface area contributed by atoms with Crippen LogP contribution in [0.4, 0.5) is 19.1 Å². The number of carbonyl (C=O) groups is 1. The summed E-state index contributed by atoms with van der Waals surface area (Å²) < 4.78 is 40.7. The summed E-state index contributed by atoms with van der Waals surface area (Å²) in [6.07, 6.45) is -2.63. The molecule has 24 heavy (non-hydrogen) atoms. The van der Waals surface area contributed by atoms with Crippen LogP contribution in [-0.4, -0.2) is 33.7 Å². The van der Waals surface area contributed by atoms with Crippen molar-refractivity contribution in [3.8, 4) is 5.75 Å². The third-order valence-corrected chi connectivity index (χ3v) is 3.57. The summed E-state index contributed by atoms with van der Waals surface area (Å²) in [5, 5.41) is 0. The molecule has 3 rings (SSSR count). The Hall–Kier alpha value is -2.84. The Morgan fingerprint density at radius 1 is 1.33 bits per heavy atom. The second-order valence-electron chi connectivity index (χ2n) is 5.25. The Morgan fingerprint density at radius 3 is 2.88 bits per heavy atom. The van der Waals surface area contributed by atoms with Crippen LogP contribution in [0.3, 0.4) is 0 Å². The number of hydrogen-bond donors (Lipinski definition) is 1. The van der Waals surface area contributed by atoms with Crippen LogP contribution in [0.5, 0.6) is 5.75 Å². The van der Waals surface area contributed by atoms with Crippen molar-refractivity contribution in [1.82, 2.24) is 14.9 Å². The number of nitrogens with two attached hydrogens (primary N) is 1. The number of nitrogen functional groups attached to an aromatic ring is 1. The topological polar surface area (TPSA) is 81.3 Å². The molecule has 6 nitrogen and oxygen atoms in total. The van der Waals surface area contributed by atoms with Crippen molar-refractivity contribution in [3.05, 3.63) is 47.3 Å². The summed E-state index contributed by atoms with van der Waals surface area (Å²) in [4.78, 5) is 22.0. The van der Waals surface area contributed by atoms with Gasteiger partial charge in [-0.2, -0.15) is 0 Å². The van der Waals surface area contributed by atoms with Crippen LogP contribution in [-0.2, 0) is 13.0 Å². The van der Waals surface area contributed by atoms with E-state index in [0.29, 0.717) is 18.7 Å². The normalized spacial score (nSPS) is 14.2. The largest absolute Gasteiger partial charge is 0.573 e. The molecule has 2 heterocycles. The maximum absolute atomic E-state index is 12.5. The van der Waals surface area contributed by atoms with Crippen molar-refractivity contribution in [2.45, 2.75) is 19.3 Å². The molecule has 126 valence electrons. The van der Waals surface area contributed by atoms with Crippen LogP contribution in [0.15, 0.2) is 30.5 Å². The van der Waals surface area contributed by atoms with Crippen molar-refractivity contribution in [2.75, 3.05) is 12.3 Å². The Morgan fingerprint density at radius 2 is 2.12 bits per heavy atom. The highest BCUT2D eigenvalue weighted by Crippen LogP contribution is 2.25. The molecule has 2 aromatic rings. The zero-order valence-corrected chi connectivity index (χ0v) is 12.4. The van der Waals surface area contributed by atoms with Gasteiger partial charge in [-0.05, 0) is 30.2 Å². The van der Waals surface area contributed by atoms with Crippen molar-refractivity contribution in [3.63, 3.8) is 0 Å². The van der Waals surface area contributed by atoms with Gasteiger partial charge in [0.2, 0.25) is 5.95 Å². The van der Waals surface area contributed by atoms with E-state index in [0.717, 1.165) is 17.7 Å². The van der Waals surface area contributed by atoms with Gasteiger partial charge in [-0.15, -0.1) is 13.2 Å². The molecule has 1 aromatic carbocycles. The molecule has 0 saturated carbocycles. The highest BCUT2D eigenvalue weighted by Gasteiger charge is 2.31. The van der Waals surface area contributed by atoms with Crippen molar-refractivity contribution in [2.24, 2.45) is 0 Å². The predicted octanol–water partition coefficient (Wildman–Crippen LogP) is 2.16.